The van der Waals surface area contributed by atoms with Crippen LogP contribution in [0.2, 0.25) is 0 Å². The van der Waals surface area contributed by atoms with Gasteiger partial charge < -0.3 is 15.0 Å². The number of methoxy groups -OCH3 is 1. The molecule has 0 aliphatic heterocycles. The molecule has 25 heavy (non-hydrogen) atoms. The summed E-state index contributed by atoms with van der Waals surface area (Å²) in [5.41, 5.74) is 1.26. The molecule has 1 fully saturated rings. The molecule has 132 valence electrons. The monoisotopic (exact) mass is 372 g/mol. The molecule has 1 N–H and O–H groups in total. The number of nitrogens with zero attached hydrogens (tertiary/aromatic N) is 1. The third-order valence-electron chi connectivity index (χ3n) is 4.15. The fraction of sp³-hybridized carbons (Fsp3) is 0.350. The van der Waals surface area contributed by atoms with Crippen molar-refractivity contribution in [3.8, 4) is 5.75 Å². The largest absolute Gasteiger partial charge is 0.497 e. The van der Waals surface area contributed by atoms with Crippen molar-refractivity contribution < 1.29 is 4.74 Å². The maximum Gasteiger partial charge on any atom is 0.169 e. The summed E-state index contributed by atoms with van der Waals surface area (Å²) in [5.74, 6) is 1.89. The van der Waals surface area contributed by atoms with Crippen LogP contribution in [-0.2, 0) is 6.54 Å². The Hall–Kier alpha value is -1.72. The Bertz CT molecular complexity index is 672. The van der Waals surface area contributed by atoms with Crippen molar-refractivity contribution in [2.24, 2.45) is 0 Å². The molecule has 0 heterocycles. The van der Waals surface area contributed by atoms with Crippen LogP contribution in [0, 0.1) is 0 Å². The number of thioether (sulfide) groups is 1. The molecule has 0 unspecified atom stereocenters. The molecule has 2 aromatic carbocycles. The fourth-order valence-corrected chi connectivity index (χ4v) is 3.73. The van der Waals surface area contributed by atoms with Gasteiger partial charge in [-0.25, -0.2) is 0 Å². The minimum atomic E-state index is 0.587. The highest BCUT2D eigenvalue weighted by atomic mass is 32.2. The second-order valence-corrected chi connectivity index (χ2v) is 7.66. The van der Waals surface area contributed by atoms with Gasteiger partial charge in [0.2, 0.25) is 0 Å². The molecule has 3 nitrogen and oxygen atoms in total. The molecule has 3 rings (SSSR count). The van der Waals surface area contributed by atoms with Crippen LogP contribution in [0.15, 0.2) is 59.5 Å². The topological polar surface area (TPSA) is 24.5 Å². The third-order valence-corrected chi connectivity index (χ3v) is 5.54. The first-order valence-corrected chi connectivity index (χ1v) is 10.0. The lowest BCUT2D eigenvalue weighted by molar-refractivity contribution is 0.395. The fourth-order valence-electron chi connectivity index (χ4n) is 2.63. The molecular formula is C20H24N2OS2. The Morgan fingerprint density at radius 3 is 2.52 bits per heavy atom. The smallest absolute Gasteiger partial charge is 0.169 e. The van der Waals surface area contributed by atoms with Crippen LogP contribution < -0.4 is 10.1 Å². The van der Waals surface area contributed by atoms with Crippen LogP contribution in [-0.4, -0.2) is 35.5 Å². The Labute approximate surface area is 159 Å². The SMILES string of the molecule is COc1ccc(CN(C(=S)NCCSc2ccccc2)C2CC2)cc1. The minimum Gasteiger partial charge on any atom is -0.497 e. The maximum atomic E-state index is 5.65. The predicted molar refractivity (Wildman–Crippen MR) is 109 cm³/mol. The van der Waals surface area contributed by atoms with Crippen molar-refractivity contribution in [2.75, 3.05) is 19.4 Å². The van der Waals surface area contributed by atoms with E-state index in [1.165, 1.54) is 23.3 Å². The van der Waals surface area contributed by atoms with Gasteiger partial charge in [0.05, 0.1) is 7.11 Å². The zero-order chi connectivity index (χ0) is 17.5. The van der Waals surface area contributed by atoms with Crippen LogP contribution >= 0.6 is 24.0 Å². The van der Waals surface area contributed by atoms with Crippen molar-refractivity contribution in [2.45, 2.75) is 30.3 Å². The van der Waals surface area contributed by atoms with Crippen molar-refractivity contribution >= 4 is 29.1 Å². The first kappa shape index (κ1) is 18.1. The third kappa shape index (κ3) is 5.65. The van der Waals surface area contributed by atoms with Gasteiger partial charge in [0, 0.05) is 29.8 Å². The number of thiocarbonyl (C=S) groups is 1. The molecule has 0 amide bonds. The van der Waals surface area contributed by atoms with Gasteiger partial charge in [-0.1, -0.05) is 30.3 Å². The summed E-state index contributed by atoms with van der Waals surface area (Å²) in [6.07, 6.45) is 2.47. The van der Waals surface area contributed by atoms with E-state index in [-0.39, 0.29) is 0 Å². The molecule has 5 heteroatoms. The number of benzene rings is 2. The highest BCUT2D eigenvalue weighted by Crippen LogP contribution is 2.29. The van der Waals surface area contributed by atoms with E-state index in [1.807, 2.05) is 30.0 Å². The highest BCUT2D eigenvalue weighted by Gasteiger charge is 2.30. The minimum absolute atomic E-state index is 0.587. The average Bonchev–Trinajstić information content (AvgIpc) is 3.49. The van der Waals surface area contributed by atoms with E-state index in [1.54, 1.807) is 7.11 Å². The number of ether oxygens (including phenoxy) is 1. The summed E-state index contributed by atoms with van der Waals surface area (Å²) in [4.78, 5) is 3.62. The van der Waals surface area contributed by atoms with E-state index in [2.05, 4.69) is 46.6 Å². The Morgan fingerprint density at radius 2 is 1.88 bits per heavy atom. The molecule has 0 atom stereocenters. The van der Waals surface area contributed by atoms with Crippen molar-refractivity contribution in [3.63, 3.8) is 0 Å². The molecule has 2 aromatic rings. The summed E-state index contributed by atoms with van der Waals surface area (Å²) < 4.78 is 5.23. The average molecular weight is 373 g/mol. The van der Waals surface area contributed by atoms with Gasteiger partial charge in [0.1, 0.15) is 5.75 Å². The standard InChI is InChI=1S/C20H24N2OS2/c1-23-18-11-7-16(8-12-18)15-22(17-9-10-17)20(24)21-13-14-25-19-5-3-2-4-6-19/h2-8,11-12,17H,9-10,13-15H2,1H3,(H,21,24). The van der Waals surface area contributed by atoms with Gasteiger partial charge in [-0.15, -0.1) is 11.8 Å². The first-order valence-electron chi connectivity index (χ1n) is 8.61. The van der Waals surface area contributed by atoms with Gasteiger partial charge in [0.15, 0.2) is 5.11 Å². The van der Waals surface area contributed by atoms with Crippen LogP contribution in [0.1, 0.15) is 18.4 Å². The first-order chi connectivity index (χ1) is 12.3. The zero-order valence-corrected chi connectivity index (χ0v) is 16.1. The van der Waals surface area contributed by atoms with E-state index >= 15 is 0 Å². The lowest BCUT2D eigenvalue weighted by Gasteiger charge is -2.26. The van der Waals surface area contributed by atoms with Gasteiger partial charge in [-0.05, 0) is 54.9 Å². The van der Waals surface area contributed by atoms with Crippen LogP contribution in [0.25, 0.3) is 0 Å². The molecule has 1 aliphatic carbocycles. The lowest BCUT2D eigenvalue weighted by Crippen LogP contribution is -2.41. The molecule has 1 aliphatic rings. The van der Waals surface area contributed by atoms with Gasteiger partial charge in [0.25, 0.3) is 0 Å². The molecule has 0 saturated heterocycles. The van der Waals surface area contributed by atoms with Crippen LogP contribution in [0.3, 0.4) is 0 Å². The van der Waals surface area contributed by atoms with E-state index in [0.717, 1.165) is 29.7 Å². The maximum absolute atomic E-state index is 5.65. The van der Waals surface area contributed by atoms with E-state index in [0.29, 0.717) is 6.04 Å². The molecule has 0 spiro atoms. The molecule has 0 radical (unpaired) electrons. The Balaban J connectivity index is 1.47. The second-order valence-electron chi connectivity index (χ2n) is 6.10. The summed E-state index contributed by atoms with van der Waals surface area (Å²) >= 11 is 7.50. The predicted octanol–water partition coefficient (Wildman–Crippen LogP) is 4.33. The van der Waals surface area contributed by atoms with Crippen molar-refractivity contribution in [1.82, 2.24) is 10.2 Å². The number of hydrogen-bond donors (Lipinski definition) is 1. The Kier molecular flexibility index (Phi) is 6.59. The van der Waals surface area contributed by atoms with E-state index in [9.17, 15) is 0 Å². The lowest BCUT2D eigenvalue weighted by atomic mass is 10.2. The van der Waals surface area contributed by atoms with Gasteiger partial charge in [-0.2, -0.15) is 0 Å². The van der Waals surface area contributed by atoms with Crippen LogP contribution in [0.4, 0.5) is 0 Å². The van der Waals surface area contributed by atoms with Crippen molar-refractivity contribution in [3.05, 3.63) is 60.2 Å². The summed E-state index contributed by atoms with van der Waals surface area (Å²) in [6, 6.07) is 19.3. The molecular weight excluding hydrogens is 348 g/mol. The summed E-state index contributed by atoms with van der Waals surface area (Å²) in [6.45, 7) is 1.73. The molecule has 0 aromatic heterocycles. The second kappa shape index (κ2) is 9.11. The Morgan fingerprint density at radius 1 is 1.16 bits per heavy atom. The number of rotatable bonds is 8. The van der Waals surface area contributed by atoms with E-state index < -0.39 is 0 Å². The molecule has 0 bridgehead atoms. The summed E-state index contributed by atoms with van der Waals surface area (Å²) in [5, 5.41) is 4.30. The van der Waals surface area contributed by atoms with Crippen molar-refractivity contribution in [1.29, 1.82) is 0 Å². The van der Waals surface area contributed by atoms with Crippen LogP contribution in [0.5, 0.6) is 5.75 Å². The zero-order valence-electron chi connectivity index (χ0n) is 14.5. The quantitative estimate of drug-likeness (QED) is 0.422. The van der Waals surface area contributed by atoms with Gasteiger partial charge in [-0.3, -0.25) is 0 Å². The number of hydrogen-bond acceptors (Lipinski definition) is 3. The van der Waals surface area contributed by atoms with E-state index in [4.69, 9.17) is 17.0 Å². The summed E-state index contributed by atoms with van der Waals surface area (Å²) in [7, 11) is 1.69. The van der Waals surface area contributed by atoms with Gasteiger partial charge >= 0.3 is 0 Å². The highest BCUT2D eigenvalue weighted by molar-refractivity contribution is 7.99. The normalized spacial score (nSPS) is 13.3. The number of nitrogens with one attached hydrogen (secondary N) is 1. The molecule has 1 saturated carbocycles.